The van der Waals surface area contributed by atoms with Gasteiger partial charge in [0.15, 0.2) is 0 Å². The summed E-state index contributed by atoms with van der Waals surface area (Å²) < 4.78 is 11.8. The second-order valence-electron chi connectivity index (χ2n) is 11.0. The van der Waals surface area contributed by atoms with Crippen LogP contribution in [0.2, 0.25) is 0 Å². The molecule has 0 saturated carbocycles. The van der Waals surface area contributed by atoms with Crippen molar-refractivity contribution < 1.29 is 19.1 Å². The molecule has 7 aromatic rings. The van der Waals surface area contributed by atoms with Gasteiger partial charge in [-0.1, -0.05) is 128 Å². The summed E-state index contributed by atoms with van der Waals surface area (Å²) >= 11 is 0. The number of aryl methyl sites for hydroxylation is 1. The molecule has 5 nitrogen and oxygen atoms in total. The number of ether oxygens (including phenoxy) is 2. The first-order valence-corrected chi connectivity index (χ1v) is 14.9. The Balaban J connectivity index is 1.69. The van der Waals surface area contributed by atoms with Gasteiger partial charge >= 0.3 is 11.9 Å². The van der Waals surface area contributed by atoms with Gasteiger partial charge in [-0.3, -0.25) is 0 Å². The lowest BCUT2D eigenvalue weighted by molar-refractivity contribution is -0.129. The molecule has 5 heteroatoms. The monoisotopic (exact) mass is 599 g/mol. The molecule has 0 spiro atoms. The highest BCUT2D eigenvalue weighted by Gasteiger charge is 2.27. The molecule has 0 aliphatic carbocycles. The maximum Gasteiger partial charge on any atom is 0.335 e. The molecule has 0 N–H and O–H groups in total. The van der Waals surface area contributed by atoms with Crippen LogP contribution in [0.4, 0.5) is 17.1 Å². The van der Waals surface area contributed by atoms with Crippen LogP contribution in [0.25, 0.3) is 43.1 Å². The van der Waals surface area contributed by atoms with Crippen molar-refractivity contribution >= 4 is 72.1 Å². The van der Waals surface area contributed by atoms with E-state index < -0.39 is 11.9 Å². The summed E-state index contributed by atoms with van der Waals surface area (Å²) in [6.45, 7) is 9.30. The molecule has 46 heavy (non-hydrogen) atoms. The molecule has 0 bridgehead atoms. The molecular formula is C41H29NO4. The fourth-order valence-corrected chi connectivity index (χ4v) is 6.18. The Morgan fingerprint density at radius 1 is 0.500 bits per heavy atom. The quantitative estimate of drug-likeness (QED) is 0.0790. The van der Waals surface area contributed by atoms with E-state index in [9.17, 15) is 9.59 Å². The summed E-state index contributed by atoms with van der Waals surface area (Å²) in [5, 5.41) is 6.71. The lowest BCUT2D eigenvalue weighted by atomic mass is 9.94. The first-order valence-electron chi connectivity index (χ1n) is 14.9. The fourth-order valence-electron chi connectivity index (χ4n) is 6.18. The molecule has 0 aromatic heterocycles. The van der Waals surface area contributed by atoms with E-state index in [1.54, 1.807) is 0 Å². The predicted molar refractivity (Wildman–Crippen MR) is 188 cm³/mol. The highest BCUT2D eigenvalue weighted by atomic mass is 16.5. The Labute approximate surface area is 266 Å². The van der Waals surface area contributed by atoms with Gasteiger partial charge in [0.05, 0.1) is 11.4 Å². The van der Waals surface area contributed by atoms with Gasteiger partial charge in [0.2, 0.25) is 0 Å². The third kappa shape index (κ3) is 4.75. The Bertz CT molecular complexity index is 2100. The van der Waals surface area contributed by atoms with Crippen molar-refractivity contribution in [1.82, 2.24) is 0 Å². The molecule has 222 valence electrons. The van der Waals surface area contributed by atoms with E-state index in [2.05, 4.69) is 49.2 Å². The molecule has 0 aliphatic heterocycles. The third-order valence-corrected chi connectivity index (χ3v) is 8.19. The number of carbonyl (C=O) groups excluding carboxylic acids is 2. The van der Waals surface area contributed by atoms with Crippen LogP contribution >= 0.6 is 0 Å². The van der Waals surface area contributed by atoms with E-state index in [0.29, 0.717) is 11.5 Å². The van der Waals surface area contributed by atoms with Gasteiger partial charge in [-0.25, -0.2) is 9.59 Å². The average Bonchev–Trinajstić information content (AvgIpc) is 3.10. The second-order valence-corrected chi connectivity index (χ2v) is 11.0. The summed E-state index contributed by atoms with van der Waals surface area (Å²) in [5.74, 6) is -0.101. The van der Waals surface area contributed by atoms with Gasteiger partial charge in [-0.2, -0.15) is 0 Å². The number of nitrogens with zero attached hydrogens (tertiary/aromatic N) is 1. The van der Waals surface area contributed by atoms with E-state index in [-0.39, 0.29) is 0 Å². The lowest BCUT2D eigenvalue weighted by Crippen LogP contribution is -2.14. The summed E-state index contributed by atoms with van der Waals surface area (Å²) in [6.07, 6.45) is 2.35. The maximum atomic E-state index is 12.6. The largest absolute Gasteiger partial charge is 0.422 e. The number of carbonyl (C=O) groups is 2. The minimum Gasteiger partial charge on any atom is -0.422 e. The maximum absolute atomic E-state index is 12.6. The van der Waals surface area contributed by atoms with Crippen molar-refractivity contribution in [1.29, 1.82) is 0 Å². The number of hydrogen-bond acceptors (Lipinski definition) is 5. The van der Waals surface area contributed by atoms with E-state index in [1.807, 2.05) is 97.1 Å². The molecule has 7 rings (SSSR count). The zero-order chi connectivity index (χ0) is 31.8. The smallest absolute Gasteiger partial charge is 0.335 e. The standard InChI is InChI=1S/C41H29NO4/c1-4-36(43)45-40-32-18-10-6-14-28(32)38(29-15-7-11-19-33(29)40)42(27-24-22-26(3)23-25-27)39-30-16-8-12-20-34(30)41(46-37(44)5-2)35-21-13-9-17-31(35)39/h4-25H,1-2H2,3H3. The zero-order valence-electron chi connectivity index (χ0n) is 25.2. The molecule has 0 heterocycles. The minimum atomic E-state index is -0.528. The number of fused-ring (bicyclic) bond motifs is 4. The predicted octanol–water partition coefficient (Wildman–Crippen LogP) is 10.3. The highest BCUT2D eigenvalue weighted by molar-refractivity contribution is 6.24. The van der Waals surface area contributed by atoms with Crippen molar-refractivity contribution in [2.45, 2.75) is 6.92 Å². The lowest BCUT2D eigenvalue weighted by Gasteiger charge is -2.31. The molecule has 0 fully saturated rings. The van der Waals surface area contributed by atoms with E-state index in [0.717, 1.165) is 65.7 Å². The zero-order valence-corrected chi connectivity index (χ0v) is 25.2. The van der Waals surface area contributed by atoms with Gasteiger partial charge in [0.1, 0.15) is 11.5 Å². The van der Waals surface area contributed by atoms with Crippen LogP contribution in [0.5, 0.6) is 11.5 Å². The molecule has 0 aliphatic rings. The van der Waals surface area contributed by atoms with Gasteiger partial charge in [-0.15, -0.1) is 0 Å². The van der Waals surface area contributed by atoms with Crippen molar-refractivity contribution in [2.24, 2.45) is 0 Å². The average molecular weight is 600 g/mol. The van der Waals surface area contributed by atoms with Crippen LogP contribution in [0.1, 0.15) is 5.56 Å². The number of rotatable bonds is 7. The normalized spacial score (nSPS) is 11.1. The van der Waals surface area contributed by atoms with Gasteiger partial charge < -0.3 is 14.4 Å². The van der Waals surface area contributed by atoms with Crippen LogP contribution in [0.15, 0.2) is 147 Å². The number of anilines is 3. The SMILES string of the molecule is C=CC(=O)Oc1c2ccccc2c(N(c2ccc(C)cc2)c2c3ccccc3c(OC(=O)C=C)c3ccccc23)c2ccccc12. The molecule has 7 aromatic carbocycles. The van der Waals surface area contributed by atoms with Crippen LogP contribution in [-0.4, -0.2) is 11.9 Å². The van der Waals surface area contributed by atoms with Gasteiger partial charge in [0.25, 0.3) is 0 Å². The summed E-state index contributed by atoms with van der Waals surface area (Å²) in [6, 6.07) is 40.2. The Morgan fingerprint density at radius 3 is 1.11 bits per heavy atom. The Kier molecular flexibility index (Phi) is 7.27. The van der Waals surface area contributed by atoms with Crippen LogP contribution in [0, 0.1) is 6.92 Å². The number of esters is 2. The highest BCUT2D eigenvalue weighted by Crippen LogP contribution is 2.52. The molecule has 0 saturated heterocycles. The minimum absolute atomic E-state index is 0.477. The molecule has 0 amide bonds. The van der Waals surface area contributed by atoms with E-state index in [4.69, 9.17) is 9.47 Å². The van der Waals surface area contributed by atoms with Crippen LogP contribution in [-0.2, 0) is 9.59 Å². The molecule has 0 radical (unpaired) electrons. The molecular weight excluding hydrogens is 570 g/mol. The van der Waals surface area contributed by atoms with E-state index in [1.165, 1.54) is 12.2 Å². The van der Waals surface area contributed by atoms with Crippen molar-refractivity contribution in [2.75, 3.05) is 4.90 Å². The topological polar surface area (TPSA) is 55.8 Å². The first kappa shape index (κ1) is 28.6. The van der Waals surface area contributed by atoms with Crippen LogP contribution < -0.4 is 14.4 Å². The van der Waals surface area contributed by atoms with Crippen molar-refractivity contribution in [3.8, 4) is 11.5 Å². The number of hydrogen-bond donors (Lipinski definition) is 0. The van der Waals surface area contributed by atoms with E-state index >= 15 is 0 Å². The van der Waals surface area contributed by atoms with Crippen molar-refractivity contribution in [3.05, 3.63) is 152 Å². The third-order valence-electron chi connectivity index (χ3n) is 8.19. The van der Waals surface area contributed by atoms with Crippen LogP contribution in [0.3, 0.4) is 0 Å². The summed E-state index contributed by atoms with van der Waals surface area (Å²) in [5.41, 5.74) is 3.90. The van der Waals surface area contributed by atoms with Gasteiger partial charge in [-0.05, 0) is 19.1 Å². The van der Waals surface area contributed by atoms with Gasteiger partial charge in [0, 0.05) is 60.9 Å². The Morgan fingerprint density at radius 2 is 0.804 bits per heavy atom. The summed E-state index contributed by atoms with van der Waals surface area (Å²) in [7, 11) is 0. The second kappa shape index (κ2) is 11.7. The summed E-state index contributed by atoms with van der Waals surface area (Å²) in [4.78, 5) is 27.5. The number of benzene rings is 7. The Hall–Kier alpha value is -6.20. The van der Waals surface area contributed by atoms with Crippen molar-refractivity contribution in [3.63, 3.8) is 0 Å². The molecule has 0 unspecified atom stereocenters. The fraction of sp³-hybridized carbons (Fsp3) is 0.0244. The first-order chi connectivity index (χ1) is 22.5. The molecule has 0 atom stereocenters.